The summed E-state index contributed by atoms with van der Waals surface area (Å²) in [6.07, 6.45) is 5.93. The summed E-state index contributed by atoms with van der Waals surface area (Å²) in [4.78, 5) is 12.7. The standard InChI is InChI=1S/C17H24N2O3S/c20-17(18-15-8-4-5-9-15)14-7-6-12-19(13-14)23(21,22)16-10-2-1-3-11-16/h1-3,10-11,14-15H,4-9,12-13H2,(H,18,20)/t14-/m0/s1. The monoisotopic (exact) mass is 336 g/mol. The summed E-state index contributed by atoms with van der Waals surface area (Å²) in [7, 11) is -3.50. The van der Waals surface area contributed by atoms with Crippen LogP contribution in [-0.4, -0.2) is 37.8 Å². The number of amides is 1. The van der Waals surface area contributed by atoms with E-state index in [0.29, 0.717) is 11.4 Å². The molecule has 0 radical (unpaired) electrons. The SMILES string of the molecule is O=C(NC1CCCC1)[C@H]1CCCN(S(=O)(=O)c2ccccc2)C1. The minimum atomic E-state index is -3.50. The molecular formula is C17H24N2O3S. The van der Waals surface area contributed by atoms with Crippen LogP contribution in [0.15, 0.2) is 35.2 Å². The number of benzene rings is 1. The molecule has 1 aromatic carbocycles. The lowest BCUT2D eigenvalue weighted by Crippen LogP contribution is -2.47. The maximum atomic E-state index is 12.7. The van der Waals surface area contributed by atoms with Gasteiger partial charge >= 0.3 is 0 Å². The smallest absolute Gasteiger partial charge is 0.243 e. The lowest BCUT2D eigenvalue weighted by Gasteiger charge is -2.31. The van der Waals surface area contributed by atoms with Crippen molar-refractivity contribution in [2.45, 2.75) is 49.5 Å². The van der Waals surface area contributed by atoms with Gasteiger partial charge in [0.15, 0.2) is 0 Å². The third kappa shape index (κ3) is 3.75. The Balaban J connectivity index is 1.67. The van der Waals surface area contributed by atoms with Crippen LogP contribution < -0.4 is 5.32 Å². The quantitative estimate of drug-likeness (QED) is 0.916. The van der Waals surface area contributed by atoms with E-state index in [4.69, 9.17) is 0 Å². The molecule has 1 heterocycles. The molecule has 3 rings (SSSR count). The Kier molecular flexibility index (Phi) is 5.02. The third-order valence-electron chi connectivity index (χ3n) is 4.84. The molecule has 5 nitrogen and oxygen atoms in total. The Hall–Kier alpha value is -1.40. The number of piperidine rings is 1. The maximum absolute atomic E-state index is 12.7. The number of rotatable bonds is 4. The van der Waals surface area contributed by atoms with Gasteiger partial charge in [0.05, 0.1) is 10.8 Å². The van der Waals surface area contributed by atoms with Crippen LogP contribution in [0.1, 0.15) is 38.5 Å². The van der Waals surface area contributed by atoms with E-state index in [1.54, 1.807) is 30.3 Å². The predicted octanol–water partition coefficient (Wildman–Crippen LogP) is 2.15. The molecule has 2 aliphatic rings. The van der Waals surface area contributed by atoms with Crippen molar-refractivity contribution in [2.24, 2.45) is 5.92 Å². The Labute approximate surface area is 138 Å². The third-order valence-corrected chi connectivity index (χ3v) is 6.72. The van der Waals surface area contributed by atoms with Gasteiger partial charge in [-0.3, -0.25) is 4.79 Å². The summed E-state index contributed by atoms with van der Waals surface area (Å²) < 4.78 is 26.9. The predicted molar refractivity (Wildman–Crippen MR) is 88.3 cm³/mol. The molecule has 0 unspecified atom stereocenters. The van der Waals surface area contributed by atoms with Crippen LogP contribution in [0.25, 0.3) is 0 Å². The van der Waals surface area contributed by atoms with Crippen LogP contribution >= 0.6 is 0 Å². The van der Waals surface area contributed by atoms with Crippen molar-refractivity contribution >= 4 is 15.9 Å². The van der Waals surface area contributed by atoms with E-state index in [-0.39, 0.29) is 24.4 Å². The van der Waals surface area contributed by atoms with Gasteiger partial charge in [-0.25, -0.2) is 8.42 Å². The molecule has 2 fully saturated rings. The zero-order valence-corrected chi connectivity index (χ0v) is 14.1. The first-order valence-corrected chi connectivity index (χ1v) is 9.87. The van der Waals surface area contributed by atoms with Crippen LogP contribution in [-0.2, 0) is 14.8 Å². The van der Waals surface area contributed by atoms with Gasteiger partial charge in [0.2, 0.25) is 15.9 Å². The molecule has 0 spiro atoms. The number of hydrogen-bond acceptors (Lipinski definition) is 3. The topological polar surface area (TPSA) is 66.5 Å². The molecule has 23 heavy (non-hydrogen) atoms. The highest BCUT2D eigenvalue weighted by Gasteiger charge is 2.34. The number of hydrogen-bond donors (Lipinski definition) is 1. The molecule has 1 saturated carbocycles. The lowest BCUT2D eigenvalue weighted by atomic mass is 9.98. The van der Waals surface area contributed by atoms with Gasteiger partial charge in [0, 0.05) is 19.1 Å². The summed E-state index contributed by atoms with van der Waals surface area (Å²) in [5.41, 5.74) is 0. The highest BCUT2D eigenvalue weighted by Crippen LogP contribution is 2.25. The minimum Gasteiger partial charge on any atom is -0.353 e. The van der Waals surface area contributed by atoms with Gasteiger partial charge in [0.25, 0.3) is 0 Å². The molecule has 1 aliphatic heterocycles. The number of carbonyl (C=O) groups excluding carboxylic acids is 1. The first-order valence-electron chi connectivity index (χ1n) is 8.43. The highest BCUT2D eigenvalue weighted by molar-refractivity contribution is 7.89. The molecule has 6 heteroatoms. The van der Waals surface area contributed by atoms with Gasteiger partial charge < -0.3 is 5.32 Å². The van der Waals surface area contributed by atoms with Gasteiger partial charge in [-0.05, 0) is 37.8 Å². The summed E-state index contributed by atoms with van der Waals surface area (Å²) in [5.74, 6) is -0.215. The fraction of sp³-hybridized carbons (Fsp3) is 0.588. The summed E-state index contributed by atoms with van der Waals surface area (Å²) in [6, 6.07) is 8.74. The Morgan fingerprint density at radius 2 is 1.74 bits per heavy atom. The van der Waals surface area contributed by atoms with Crippen LogP contribution in [0, 0.1) is 5.92 Å². The number of sulfonamides is 1. The molecule has 1 atom stereocenters. The van der Waals surface area contributed by atoms with E-state index in [2.05, 4.69) is 5.32 Å². The van der Waals surface area contributed by atoms with Crippen molar-refractivity contribution in [3.8, 4) is 0 Å². The zero-order valence-electron chi connectivity index (χ0n) is 13.3. The number of nitrogens with one attached hydrogen (secondary N) is 1. The van der Waals surface area contributed by atoms with Gasteiger partial charge in [-0.1, -0.05) is 31.0 Å². The van der Waals surface area contributed by atoms with E-state index < -0.39 is 10.0 Å². The fourth-order valence-corrected chi connectivity index (χ4v) is 5.05. The van der Waals surface area contributed by atoms with E-state index in [9.17, 15) is 13.2 Å². The molecule has 126 valence electrons. The molecule has 0 aromatic heterocycles. The van der Waals surface area contributed by atoms with Crippen molar-refractivity contribution in [1.29, 1.82) is 0 Å². The van der Waals surface area contributed by atoms with Gasteiger partial charge in [-0.2, -0.15) is 4.31 Å². The zero-order chi connectivity index (χ0) is 16.3. The van der Waals surface area contributed by atoms with Crippen molar-refractivity contribution < 1.29 is 13.2 Å². The van der Waals surface area contributed by atoms with Gasteiger partial charge in [-0.15, -0.1) is 0 Å². The van der Waals surface area contributed by atoms with Crippen LogP contribution in [0.4, 0.5) is 0 Å². The Morgan fingerprint density at radius 3 is 2.43 bits per heavy atom. The lowest BCUT2D eigenvalue weighted by molar-refractivity contribution is -0.126. The number of nitrogens with zero attached hydrogens (tertiary/aromatic N) is 1. The van der Waals surface area contributed by atoms with Crippen molar-refractivity contribution in [3.05, 3.63) is 30.3 Å². The van der Waals surface area contributed by atoms with Crippen LogP contribution in [0.5, 0.6) is 0 Å². The van der Waals surface area contributed by atoms with Crippen molar-refractivity contribution in [3.63, 3.8) is 0 Å². The Morgan fingerprint density at radius 1 is 1.04 bits per heavy atom. The van der Waals surface area contributed by atoms with E-state index in [1.807, 2.05) is 0 Å². The highest BCUT2D eigenvalue weighted by atomic mass is 32.2. The maximum Gasteiger partial charge on any atom is 0.243 e. The van der Waals surface area contributed by atoms with Crippen LogP contribution in [0.3, 0.4) is 0 Å². The van der Waals surface area contributed by atoms with Crippen molar-refractivity contribution in [2.75, 3.05) is 13.1 Å². The fourth-order valence-electron chi connectivity index (χ4n) is 3.51. The van der Waals surface area contributed by atoms with E-state index in [0.717, 1.165) is 25.7 Å². The first-order chi connectivity index (χ1) is 11.1. The minimum absolute atomic E-state index is 0.0184. The second kappa shape index (κ2) is 7.01. The average molecular weight is 336 g/mol. The normalized spacial score (nSPS) is 23.7. The largest absolute Gasteiger partial charge is 0.353 e. The van der Waals surface area contributed by atoms with E-state index in [1.165, 1.54) is 17.1 Å². The van der Waals surface area contributed by atoms with Crippen LogP contribution in [0.2, 0.25) is 0 Å². The summed E-state index contributed by atoms with van der Waals surface area (Å²) in [5, 5.41) is 3.10. The second-order valence-electron chi connectivity index (χ2n) is 6.51. The molecule has 1 aliphatic carbocycles. The molecule has 1 aromatic rings. The number of carbonyl (C=O) groups is 1. The summed E-state index contributed by atoms with van der Waals surface area (Å²) in [6.45, 7) is 0.778. The molecule has 1 saturated heterocycles. The second-order valence-corrected chi connectivity index (χ2v) is 8.44. The summed E-state index contributed by atoms with van der Waals surface area (Å²) >= 11 is 0. The van der Waals surface area contributed by atoms with Gasteiger partial charge in [0.1, 0.15) is 0 Å². The molecule has 1 N–H and O–H groups in total. The first kappa shape index (κ1) is 16.5. The molecular weight excluding hydrogens is 312 g/mol. The van der Waals surface area contributed by atoms with E-state index >= 15 is 0 Å². The average Bonchev–Trinajstić information content (AvgIpc) is 3.09. The van der Waals surface area contributed by atoms with Crippen molar-refractivity contribution in [1.82, 2.24) is 9.62 Å². The Bertz CT molecular complexity index is 639. The molecule has 0 bridgehead atoms. The molecule has 1 amide bonds.